The lowest BCUT2D eigenvalue weighted by Gasteiger charge is -1.90. The average molecular weight is 249 g/mol. The Hall–Kier alpha value is -2.69. The number of aromatic nitrogens is 5. The van der Waals surface area contributed by atoms with E-state index in [0.717, 1.165) is 39.0 Å². The summed E-state index contributed by atoms with van der Waals surface area (Å²) in [5, 5.41) is 1.11. The fraction of sp³-hybridized carbons (Fsp3) is 0.0714. The van der Waals surface area contributed by atoms with Crippen LogP contribution in [0, 0.1) is 6.92 Å². The molecule has 0 aliphatic rings. The van der Waals surface area contributed by atoms with Gasteiger partial charge in [-0.3, -0.25) is 0 Å². The normalized spacial score (nSPS) is 11.4. The van der Waals surface area contributed by atoms with E-state index in [1.807, 2.05) is 19.2 Å². The predicted molar refractivity (Wildman–Crippen MR) is 73.7 cm³/mol. The van der Waals surface area contributed by atoms with E-state index in [9.17, 15) is 0 Å². The number of hydrogen-bond donors (Lipinski definition) is 2. The molecule has 4 aromatic heterocycles. The van der Waals surface area contributed by atoms with Gasteiger partial charge in [0.1, 0.15) is 12.0 Å². The highest BCUT2D eigenvalue weighted by molar-refractivity contribution is 5.86. The Morgan fingerprint density at radius 3 is 2.74 bits per heavy atom. The lowest BCUT2D eigenvalue weighted by molar-refractivity contribution is 1.22. The number of pyridine rings is 1. The van der Waals surface area contributed by atoms with Gasteiger partial charge in [0, 0.05) is 11.6 Å². The fourth-order valence-corrected chi connectivity index (χ4v) is 2.28. The molecule has 92 valence electrons. The number of nitrogens with zero attached hydrogens (tertiary/aromatic N) is 3. The summed E-state index contributed by atoms with van der Waals surface area (Å²) < 4.78 is 0. The van der Waals surface area contributed by atoms with Crippen LogP contribution in [0.3, 0.4) is 0 Å². The molecule has 0 aliphatic carbocycles. The molecule has 0 amide bonds. The van der Waals surface area contributed by atoms with E-state index in [4.69, 9.17) is 0 Å². The second-order valence-corrected chi connectivity index (χ2v) is 4.64. The molecule has 4 rings (SSSR count). The van der Waals surface area contributed by atoms with Crippen molar-refractivity contribution in [2.24, 2.45) is 0 Å². The summed E-state index contributed by atoms with van der Waals surface area (Å²) in [5.41, 5.74) is 5.89. The number of aromatic amines is 2. The van der Waals surface area contributed by atoms with Crippen LogP contribution < -0.4 is 0 Å². The molecule has 4 heterocycles. The zero-order chi connectivity index (χ0) is 12.8. The van der Waals surface area contributed by atoms with Crippen LogP contribution in [0.1, 0.15) is 5.56 Å². The molecule has 0 radical (unpaired) electrons. The largest absolute Gasteiger partial charge is 0.351 e. The van der Waals surface area contributed by atoms with Gasteiger partial charge in [0.2, 0.25) is 0 Å². The molecule has 5 nitrogen and oxygen atoms in total. The van der Waals surface area contributed by atoms with Gasteiger partial charge in [-0.2, -0.15) is 0 Å². The van der Waals surface area contributed by atoms with Crippen LogP contribution in [-0.2, 0) is 0 Å². The lowest BCUT2D eigenvalue weighted by Crippen LogP contribution is -1.78. The molecule has 0 atom stereocenters. The van der Waals surface area contributed by atoms with E-state index in [2.05, 4.69) is 37.1 Å². The maximum Gasteiger partial charge on any atom is 0.137 e. The minimum absolute atomic E-state index is 0.894. The number of rotatable bonds is 1. The van der Waals surface area contributed by atoms with E-state index in [1.165, 1.54) is 0 Å². The van der Waals surface area contributed by atoms with Crippen molar-refractivity contribution in [2.75, 3.05) is 0 Å². The summed E-state index contributed by atoms with van der Waals surface area (Å²) in [4.78, 5) is 19.2. The van der Waals surface area contributed by atoms with Crippen molar-refractivity contribution in [1.29, 1.82) is 0 Å². The minimum Gasteiger partial charge on any atom is -0.351 e. The zero-order valence-electron chi connectivity index (χ0n) is 10.3. The maximum absolute atomic E-state index is 4.38. The van der Waals surface area contributed by atoms with Crippen molar-refractivity contribution in [3.05, 3.63) is 42.5 Å². The van der Waals surface area contributed by atoms with Gasteiger partial charge in [-0.25, -0.2) is 15.0 Å². The fourth-order valence-electron chi connectivity index (χ4n) is 2.28. The molecule has 0 bridgehead atoms. The van der Waals surface area contributed by atoms with Crippen LogP contribution in [0.2, 0.25) is 0 Å². The van der Waals surface area contributed by atoms with Gasteiger partial charge in [0.05, 0.1) is 28.6 Å². The smallest absolute Gasteiger partial charge is 0.137 e. The van der Waals surface area contributed by atoms with Gasteiger partial charge >= 0.3 is 0 Å². The van der Waals surface area contributed by atoms with Crippen LogP contribution in [0.25, 0.3) is 33.5 Å². The quantitative estimate of drug-likeness (QED) is 0.545. The van der Waals surface area contributed by atoms with Gasteiger partial charge in [-0.05, 0) is 30.7 Å². The van der Waals surface area contributed by atoms with Crippen molar-refractivity contribution >= 4 is 22.1 Å². The number of H-pyrrole nitrogens is 2. The minimum atomic E-state index is 0.894. The first kappa shape index (κ1) is 10.3. The molecule has 2 N–H and O–H groups in total. The van der Waals surface area contributed by atoms with E-state index >= 15 is 0 Å². The van der Waals surface area contributed by atoms with Crippen molar-refractivity contribution < 1.29 is 0 Å². The van der Waals surface area contributed by atoms with E-state index in [-0.39, 0.29) is 0 Å². The van der Waals surface area contributed by atoms with Gasteiger partial charge in [-0.1, -0.05) is 0 Å². The number of hydrogen-bond acceptors (Lipinski definition) is 3. The Morgan fingerprint density at radius 1 is 0.947 bits per heavy atom. The highest BCUT2D eigenvalue weighted by Gasteiger charge is 2.08. The maximum atomic E-state index is 4.38. The summed E-state index contributed by atoms with van der Waals surface area (Å²) in [5.74, 6) is 0. The first-order valence-electron chi connectivity index (χ1n) is 6.04. The van der Waals surface area contributed by atoms with Crippen molar-refractivity contribution in [3.8, 4) is 11.4 Å². The molecule has 0 spiro atoms. The topological polar surface area (TPSA) is 70.2 Å². The molecular formula is C14H11N5. The summed E-state index contributed by atoms with van der Waals surface area (Å²) in [7, 11) is 0. The third-order valence-corrected chi connectivity index (χ3v) is 3.19. The van der Waals surface area contributed by atoms with E-state index < -0.39 is 0 Å². The lowest BCUT2D eigenvalue weighted by atomic mass is 10.2. The van der Waals surface area contributed by atoms with Crippen molar-refractivity contribution in [1.82, 2.24) is 24.9 Å². The van der Waals surface area contributed by atoms with Gasteiger partial charge in [0.25, 0.3) is 0 Å². The van der Waals surface area contributed by atoms with Crippen LogP contribution in [0.5, 0.6) is 0 Å². The number of nitrogens with one attached hydrogen (secondary N) is 2. The monoisotopic (exact) mass is 249 g/mol. The Labute approximate surface area is 108 Å². The zero-order valence-corrected chi connectivity index (χ0v) is 10.3. The number of aryl methyl sites for hydroxylation is 1. The third-order valence-electron chi connectivity index (χ3n) is 3.19. The Morgan fingerprint density at radius 2 is 1.84 bits per heavy atom. The van der Waals surface area contributed by atoms with Crippen LogP contribution in [0.4, 0.5) is 0 Å². The van der Waals surface area contributed by atoms with Gasteiger partial charge < -0.3 is 9.97 Å². The molecule has 4 aromatic rings. The highest BCUT2D eigenvalue weighted by Crippen LogP contribution is 2.25. The van der Waals surface area contributed by atoms with Gasteiger partial charge in [0.15, 0.2) is 0 Å². The first-order chi connectivity index (χ1) is 9.29. The van der Waals surface area contributed by atoms with Crippen LogP contribution in [-0.4, -0.2) is 24.9 Å². The number of fused-ring (bicyclic) bond motifs is 2. The van der Waals surface area contributed by atoms with E-state index in [1.54, 1.807) is 12.5 Å². The van der Waals surface area contributed by atoms with E-state index in [0.29, 0.717) is 0 Å². The summed E-state index contributed by atoms with van der Waals surface area (Å²) in [6, 6.07) is 6.22. The average Bonchev–Trinajstić information content (AvgIpc) is 3.00. The molecule has 0 aromatic carbocycles. The van der Waals surface area contributed by atoms with Gasteiger partial charge in [-0.15, -0.1) is 0 Å². The second kappa shape index (κ2) is 3.65. The van der Waals surface area contributed by atoms with Crippen molar-refractivity contribution in [2.45, 2.75) is 6.92 Å². The molecule has 19 heavy (non-hydrogen) atoms. The highest BCUT2D eigenvalue weighted by atomic mass is 14.9. The third kappa shape index (κ3) is 1.59. The summed E-state index contributed by atoms with van der Waals surface area (Å²) in [6.07, 6.45) is 5.19. The SMILES string of the molecule is Cc1cnc2[nH]c(-c3cc4ncncc4[nH]3)cc2c1. The molecule has 0 fully saturated rings. The Bertz CT molecular complexity index is 854. The second-order valence-electron chi connectivity index (χ2n) is 4.64. The van der Waals surface area contributed by atoms with Crippen molar-refractivity contribution in [3.63, 3.8) is 0 Å². The standard InChI is InChI=1S/C14H11N5/c1-8-2-9-3-11(19-14(9)16-5-8)12-4-10-13(18-12)6-15-7-17-10/h2-7,18H,1H3,(H,16,19). The Kier molecular flexibility index (Phi) is 1.97. The summed E-state index contributed by atoms with van der Waals surface area (Å²) >= 11 is 0. The summed E-state index contributed by atoms with van der Waals surface area (Å²) in [6.45, 7) is 2.04. The molecule has 5 heteroatoms. The molecule has 0 saturated heterocycles. The van der Waals surface area contributed by atoms with Crippen LogP contribution >= 0.6 is 0 Å². The molecule has 0 unspecified atom stereocenters. The Balaban J connectivity index is 1.93. The molecule has 0 aliphatic heterocycles. The van der Waals surface area contributed by atoms with Crippen LogP contribution in [0.15, 0.2) is 36.9 Å². The first-order valence-corrected chi connectivity index (χ1v) is 6.04. The predicted octanol–water partition coefficient (Wildman–Crippen LogP) is 2.81. The molecule has 0 saturated carbocycles. The molecular weight excluding hydrogens is 238 g/mol.